The summed E-state index contributed by atoms with van der Waals surface area (Å²) in [6.07, 6.45) is 6.56. The Labute approximate surface area is 125 Å². The molecule has 112 valence electrons. The lowest BCUT2D eigenvalue weighted by Crippen LogP contribution is -2.21. The SMILES string of the molecule is Nc1ccc2c(c1)nc(C1CC1)n2CCCN1CCCC1. The third-order valence-electron chi connectivity index (χ3n) is 4.80. The first-order valence-corrected chi connectivity index (χ1v) is 8.29. The maximum Gasteiger partial charge on any atom is 0.112 e. The number of aromatic nitrogens is 2. The van der Waals surface area contributed by atoms with Crippen LogP contribution in [0.4, 0.5) is 5.69 Å². The van der Waals surface area contributed by atoms with Crippen LogP contribution in [0.15, 0.2) is 18.2 Å². The quantitative estimate of drug-likeness (QED) is 0.859. The van der Waals surface area contributed by atoms with E-state index in [1.165, 1.54) is 63.1 Å². The molecule has 1 aromatic carbocycles. The number of hydrogen-bond donors (Lipinski definition) is 1. The Kier molecular flexibility index (Phi) is 3.34. The second kappa shape index (κ2) is 5.34. The van der Waals surface area contributed by atoms with E-state index in [9.17, 15) is 0 Å². The molecule has 1 aliphatic carbocycles. The van der Waals surface area contributed by atoms with Gasteiger partial charge in [-0.3, -0.25) is 0 Å². The topological polar surface area (TPSA) is 47.1 Å². The number of rotatable bonds is 5. The summed E-state index contributed by atoms with van der Waals surface area (Å²) in [5.41, 5.74) is 9.04. The number of anilines is 1. The van der Waals surface area contributed by atoms with E-state index in [0.29, 0.717) is 5.92 Å². The van der Waals surface area contributed by atoms with Crippen molar-refractivity contribution in [3.05, 3.63) is 24.0 Å². The predicted molar refractivity (Wildman–Crippen MR) is 86.4 cm³/mol. The molecule has 0 atom stereocenters. The van der Waals surface area contributed by atoms with Gasteiger partial charge in [-0.15, -0.1) is 0 Å². The standard InChI is InChI=1S/C17H24N4/c18-14-6-7-16-15(12-14)19-17(13-4-5-13)21(16)11-3-10-20-8-1-2-9-20/h6-7,12-13H,1-5,8-11,18H2. The highest BCUT2D eigenvalue weighted by molar-refractivity contribution is 5.79. The molecule has 1 saturated carbocycles. The summed E-state index contributed by atoms with van der Waals surface area (Å²) in [5, 5.41) is 0. The second-order valence-electron chi connectivity index (χ2n) is 6.55. The summed E-state index contributed by atoms with van der Waals surface area (Å²) in [6, 6.07) is 6.15. The monoisotopic (exact) mass is 284 g/mol. The second-order valence-corrected chi connectivity index (χ2v) is 6.55. The Bertz CT molecular complexity index is 636. The molecular weight excluding hydrogens is 260 g/mol. The molecule has 2 N–H and O–H groups in total. The predicted octanol–water partition coefficient (Wildman–Crippen LogP) is 2.98. The zero-order chi connectivity index (χ0) is 14.2. The van der Waals surface area contributed by atoms with Crippen molar-refractivity contribution in [1.29, 1.82) is 0 Å². The van der Waals surface area contributed by atoms with Crippen LogP contribution >= 0.6 is 0 Å². The van der Waals surface area contributed by atoms with Crippen molar-refractivity contribution in [3.63, 3.8) is 0 Å². The number of nitrogen functional groups attached to an aromatic ring is 1. The van der Waals surface area contributed by atoms with Gasteiger partial charge in [0.15, 0.2) is 0 Å². The van der Waals surface area contributed by atoms with E-state index < -0.39 is 0 Å². The zero-order valence-corrected chi connectivity index (χ0v) is 12.6. The van der Waals surface area contributed by atoms with E-state index in [4.69, 9.17) is 10.7 Å². The maximum atomic E-state index is 5.90. The zero-order valence-electron chi connectivity index (χ0n) is 12.6. The van der Waals surface area contributed by atoms with Crippen molar-refractivity contribution in [3.8, 4) is 0 Å². The first-order valence-electron chi connectivity index (χ1n) is 8.29. The molecule has 0 amide bonds. The van der Waals surface area contributed by atoms with Gasteiger partial charge in [0.2, 0.25) is 0 Å². The Balaban J connectivity index is 1.55. The molecule has 2 aromatic rings. The summed E-state index contributed by atoms with van der Waals surface area (Å²) in [6.45, 7) is 4.88. The van der Waals surface area contributed by atoms with Crippen LogP contribution < -0.4 is 5.73 Å². The van der Waals surface area contributed by atoms with Crippen LogP contribution in [0.1, 0.15) is 43.8 Å². The van der Waals surface area contributed by atoms with Crippen LogP contribution in [0.2, 0.25) is 0 Å². The first kappa shape index (κ1) is 13.1. The molecule has 0 spiro atoms. The molecule has 4 nitrogen and oxygen atoms in total. The molecular formula is C17H24N4. The number of aryl methyl sites for hydroxylation is 1. The molecule has 4 rings (SSSR count). The number of likely N-dealkylation sites (tertiary alicyclic amines) is 1. The van der Waals surface area contributed by atoms with Crippen molar-refractivity contribution in [1.82, 2.24) is 14.5 Å². The molecule has 2 fully saturated rings. The van der Waals surface area contributed by atoms with E-state index in [2.05, 4.69) is 15.5 Å². The van der Waals surface area contributed by atoms with E-state index in [0.717, 1.165) is 17.7 Å². The van der Waals surface area contributed by atoms with Gasteiger partial charge in [-0.25, -0.2) is 4.98 Å². The van der Waals surface area contributed by atoms with Crippen LogP contribution in [-0.4, -0.2) is 34.1 Å². The van der Waals surface area contributed by atoms with Gasteiger partial charge in [0, 0.05) is 18.2 Å². The van der Waals surface area contributed by atoms with Crippen LogP contribution in [-0.2, 0) is 6.54 Å². The lowest BCUT2D eigenvalue weighted by Gasteiger charge is -2.15. The van der Waals surface area contributed by atoms with Crippen molar-refractivity contribution < 1.29 is 0 Å². The normalized spacial score (nSPS) is 19.6. The minimum Gasteiger partial charge on any atom is -0.399 e. The van der Waals surface area contributed by atoms with Crippen molar-refractivity contribution in [2.75, 3.05) is 25.4 Å². The molecule has 0 bridgehead atoms. The Morgan fingerprint density at radius 1 is 1.14 bits per heavy atom. The van der Waals surface area contributed by atoms with Gasteiger partial charge in [0.1, 0.15) is 5.82 Å². The average Bonchev–Trinajstić information content (AvgIpc) is 3.07. The highest BCUT2D eigenvalue weighted by Crippen LogP contribution is 2.40. The van der Waals surface area contributed by atoms with E-state index >= 15 is 0 Å². The van der Waals surface area contributed by atoms with Gasteiger partial charge in [-0.1, -0.05) is 0 Å². The van der Waals surface area contributed by atoms with Crippen molar-refractivity contribution in [2.45, 2.75) is 44.6 Å². The lowest BCUT2D eigenvalue weighted by atomic mass is 10.2. The van der Waals surface area contributed by atoms with Gasteiger partial charge in [-0.2, -0.15) is 0 Å². The van der Waals surface area contributed by atoms with E-state index in [1.807, 2.05) is 12.1 Å². The van der Waals surface area contributed by atoms with Crippen molar-refractivity contribution >= 4 is 16.7 Å². The van der Waals surface area contributed by atoms with Crippen molar-refractivity contribution in [2.24, 2.45) is 0 Å². The lowest BCUT2D eigenvalue weighted by molar-refractivity contribution is 0.325. The minimum atomic E-state index is 0.686. The van der Waals surface area contributed by atoms with Gasteiger partial charge in [0.05, 0.1) is 11.0 Å². The fourth-order valence-electron chi connectivity index (χ4n) is 3.51. The van der Waals surface area contributed by atoms with Crippen LogP contribution in [0.3, 0.4) is 0 Å². The summed E-state index contributed by atoms with van der Waals surface area (Å²) in [7, 11) is 0. The summed E-state index contributed by atoms with van der Waals surface area (Å²) < 4.78 is 2.45. The smallest absolute Gasteiger partial charge is 0.112 e. The van der Waals surface area contributed by atoms with Gasteiger partial charge >= 0.3 is 0 Å². The molecule has 1 saturated heterocycles. The Hall–Kier alpha value is -1.55. The first-order chi connectivity index (χ1) is 10.3. The molecule has 21 heavy (non-hydrogen) atoms. The molecule has 2 aliphatic rings. The largest absolute Gasteiger partial charge is 0.399 e. The van der Waals surface area contributed by atoms with Gasteiger partial charge in [-0.05, 0) is 69.9 Å². The highest BCUT2D eigenvalue weighted by Gasteiger charge is 2.29. The third kappa shape index (κ3) is 2.64. The van der Waals surface area contributed by atoms with Crippen LogP contribution in [0.5, 0.6) is 0 Å². The molecule has 4 heteroatoms. The number of fused-ring (bicyclic) bond motifs is 1. The van der Waals surface area contributed by atoms with Crippen LogP contribution in [0, 0.1) is 0 Å². The minimum absolute atomic E-state index is 0.686. The average molecular weight is 284 g/mol. The maximum absolute atomic E-state index is 5.90. The van der Waals surface area contributed by atoms with Gasteiger partial charge in [0.25, 0.3) is 0 Å². The number of benzene rings is 1. The summed E-state index contributed by atoms with van der Waals surface area (Å²) in [4.78, 5) is 7.45. The third-order valence-corrected chi connectivity index (χ3v) is 4.80. The van der Waals surface area contributed by atoms with E-state index in [-0.39, 0.29) is 0 Å². The number of nitrogens with zero attached hydrogens (tertiary/aromatic N) is 3. The molecule has 0 radical (unpaired) electrons. The highest BCUT2D eigenvalue weighted by atomic mass is 15.1. The fourth-order valence-corrected chi connectivity index (χ4v) is 3.51. The summed E-state index contributed by atoms with van der Waals surface area (Å²) >= 11 is 0. The number of imidazole rings is 1. The van der Waals surface area contributed by atoms with Gasteiger partial charge < -0.3 is 15.2 Å². The number of nitrogens with two attached hydrogens (primary N) is 1. The molecule has 0 unspecified atom stereocenters. The Morgan fingerprint density at radius 3 is 2.71 bits per heavy atom. The van der Waals surface area contributed by atoms with E-state index in [1.54, 1.807) is 0 Å². The van der Waals surface area contributed by atoms with Crippen LogP contribution in [0.25, 0.3) is 11.0 Å². The number of hydrogen-bond acceptors (Lipinski definition) is 3. The Morgan fingerprint density at radius 2 is 1.95 bits per heavy atom. The fraction of sp³-hybridized carbons (Fsp3) is 0.588. The molecule has 1 aliphatic heterocycles. The molecule has 2 heterocycles. The molecule has 1 aromatic heterocycles. The summed E-state index contributed by atoms with van der Waals surface area (Å²) in [5.74, 6) is 1.97.